The average Bonchev–Trinajstić information content (AvgIpc) is 3.25. The highest BCUT2D eigenvalue weighted by Crippen LogP contribution is 2.31. The van der Waals surface area contributed by atoms with E-state index in [2.05, 4.69) is 72.0 Å². The molecule has 0 spiro atoms. The van der Waals surface area contributed by atoms with Crippen molar-refractivity contribution in [2.24, 2.45) is 0 Å². The summed E-state index contributed by atoms with van der Waals surface area (Å²) < 4.78 is 17.3. The van der Waals surface area contributed by atoms with E-state index in [9.17, 15) is 4.79 Å². The Morgan fingerprint density at radius 2 is 1.88 bits per heavy atom. The first-order chi connectivity index (χ1) is 21.0. The summed E-state index contributed by atoms with van der Waals surface area (Å²) in [4.78, 5) is 15.7. The molecule has 2 N–H and O–H groups in total. The largest absolute Gasteiger partial charge is 0.465 e. The van der Waals surface area contributed by atoms with Gasteiger partial charge in [0.2, 0.25) is 0 Å². The second-order valence-corrected chi connectivity index (χ2v) is 11.5. The number of hydrogen-bond donors (Lipinski definition) is 2. The number of amides is 1. The van der Waals surface area contributed by atoms with E-state index in [-0.39, 0.29) is 12.2 Å². The van der Waals surface area contributed by atoms with Crippen LogP contribution in [0.2, 0.25) is 0 Å². The molecule has 2 heterocycles. The summed E-state index contributed by atoms with van der Waals surface area (Å²) in [7, 11) is 2.15. The van der Waals surface area contributed by atoms with Crippen molar-refractivity contribution >= 4 is 23.4 Å². The van der Waals surface area contributed by atoms with Crippen LogP contribution in [0.3, 0.4) is 0 Å². The van der Waals surface area contributed by atoms with Gasteiger partial charge in [-0.2, -0.15) is 0 Å². The van der Waals surface area contributed by atoms with Gasteiger partial charge >= 0.3 is 0 Å². The number of anilines is 2. The van der Waals surface area contributed by atoms with Gasteiger partial charge in [-0.25, -0.2) is 0 Å². The first-order valence-electron chi connectivity index (χ1n) is 15.6. The Balaban J connectivity index is 1.21. The van der Waals surface area contributed by atoms with Crippen LogP contribution < -0.4 is 15.4 Å². The second-order valence-electron chi connectivity index (χ2n) is 11.5. The van der Waals surface area contributed by atoms with Gasteiger partial charge in [-0.15, -0.1) is 0 Å². The van der Waals surface area contributed by atoms with Crippen LogP contribution in [0.5, 0.6) is 5.75 Å². The summed E-state index contributed by atoms with van der Waals surface area (Å²) in [5, 5.41) is 6.58. The minimum absolute atomic E-state index is 0.0685. The topological polar surface area (TPSA) is 72.1 Å². The van der Waals surface area contributed by atoms with Crippen molar-refractivity contribution in [1.29, 1.82) is 0 Å². The number of hydrogen-bond acceptors (Lipinski definition) is 6. The predicted octanol–water partition coefficient (Wildman–Crippen LogP) is 7.34. The van der Waals surface area contributed by atoms with Gasteiger partial charge in [0, 0.05) is 42.7 Å². The molecule has 5 rings (SSSR count). The smallest absolute Gasteiger partial charge is 0.251 e. The van der Waals surface area contributed by atoms with Crippen LogP contribution in [-0.2, 0) is 20.8 Å². The van der Waals surface area contributed by atoms with Gasteiger partial charge in [-0.1, -0.05) is 43.7 Å². The van der Waals surface area contributed by atoms with Crippen molar-refractivity contribution in [3.63, 3.8) is 0 Å². The quantitative estimate of drug-likeness (QED) is 0.172. The van der Waals surface area contributed by atoms with Gasteiger partial charge in [-0.3, -0.25) is 9.69 Å². The lowest BCUT2D eigenvalue weighted by atomic mass is 10.0. The number of carbonyl (C=O) groups excluding carboxylic acids is 1. The van der Waals surface area contributed by atoms with E-state index < -0.39 is 0 Å². The van der Waals surface area contributed by atoms with E-state index in [0.29, 0.717) is 25.6 Å². The van der Waals surface area contributed by atoms with Crippen molar-refractivity contribution in [2.75, 3.05) is 44.0 Å². The van der Waals surface area contributed by atoms with Crippen molar-refractivity contribution in [3.8, 4) is 16.9 Å². The maximum atomic E-state index is 13.3. The Kier molecular flexibility index (Phi) is 10.9. The standard InChI is InChI=1S/C36H45N3O4/c1-4-5-21-42-26(2)43-34-15-10-28(11-16-34)29-12-17-35-31(22-29)23-30(18-19-37-35)36(40)38-32-13-8-27(9-14-32)24-39(3)33-7-6-20-41-25-33/h8-17,22-23,26,33,37H,4-7,18-21,24-25H2,1-3H3,(H,38,40). The molecule has 0 radical (unpaired) electrons. The summed E-state index contributed by atoms with van der Waals surface area (Å²) in [6, 6.07) is 23.0. The van der Waals surface area contributed by atoms with Crippen LogP contribution >= 0.6 is 0 Å². The fourth-order valence-electron chi connectivity index (χ4n) is 5.53. The van der Waals surface area contributed by atoms with Gasteiger partial charge in [0.05, 0.1) is 13.2 Å². The zero-order valence-electron chi connectivity index (χ0n) is 25.7. The number of nitrogens with one attached hydrogen (secondary N) is 2. The molecule has 7 heteroatoms. The molecule has 0 aromatic heterocycles. The Labute approximate surface area is 256 Å². The molecule has 1 amide bonds. The van der Waals surface area contributed by atoms with E-state index >= 15 is 0 Å². The first kappa shape index (κ1) is 30.8. The zero-order valence-corrected chi connectivity index (χ0v) is 25.7. The fourth-order valence-corrected chi connectivity index (χ4v) is 5.53. The maximum Gasteiger partial charge on any atom is 0.251 e. The first-order valence-corrected chi connectivity index (χ1v) is 15.6. The van der Waals surface area contributed by atoms with Crippen LogP contribution in [0.1, 0.15) is 57.1 Å². The number of carbonyl (C=O) groups is 1. The number of likely N-dealkylation sites (N-methyl/N-ethyl adjacent to an activating group) is 1. The Hall–Kier alpha value is -3.65. The van der Waals surface area contributed by atoms with E-state index in [1.165, 1.54) is 12.0 Å². The van der Waals surface area contributed by atoms with Crippen molar-refractivity contribution in [3.05, 3.63) is 83.4 Å². The summed E-state index contributed by atoms with van der Waals surface area (Å²) in [6.07, 6.45) is 6.79. The van der Waals surface area contributed by atoms with Crippen LogP contribution in [0, 0.1) is 0 Å². The van der Waals surface area contributed by atoms with E-state index in [1.54, 1.807) is 0 Å². The van der Waals surface area contributed by atoms with Gasteiger partial charge < -0.3 is 24.8 Å². The van der Waals surface area contributed by atoms with E-state index in [0.717, 1.165) is 78.4 Å². The predicted molar refractivity (Wildman–Crippen MR) is 174 cm³/mol. The van der Waals surface area contributed by atoms with Crippen molar-refractivity contribution < 1.29 is 19.0 Å². The van der Waals surface area contributed by atoms with Gasteiger partial charge in [0.1, 0.15) is 5.75 Å². The third-order valence-corrected chi connectivity index (χ3v) is 8.13. The fraction of sp³-hybridized carbons (Fsp3) is 0.417. The third-order valence-electron chi connectivity index (χ3n) is 8.13. The maximum absolute atomic E-state index is 13.3. The number of rotatable bonds is 12. The normalized spacial score (nSPS) is 17.3. The number of unbranched alkanes of at least 4 members (excludes halogenated alkanes) is 1. The molecule has 7 nitrogen and oxygen atoms in total. The Morgan fingerprint density at radius 1 is 1.09 bits per heavy atom. The Bertz CT molecular complexity index is 1360. The molecule has 1 saturated heterocycles. The minimum Gasteiger partial charge on any atom is -0.465 e. The molecule has 3 aromatic rings. The molecule has 2 unspecified atom stereocenters. The third kappa shape index (κ3) is 8.69. The van der Waals surface area contributed by atoms with Crippen LogP contribution in [-0.4, -0.2) is 56.6 Å². The lowest BCUT2D eigenvalue weighted by Gasteiger charge is -2.31. The van der Waals surface area contributed by atoms with Gasteiger partial charge in [0.15, 0.2) is 6.29 Å². The number of fused-ring (bicyclic) bond motifs is 1. The number of benzene rings is 3. The molecule has 1 fully saturated rings. The molecular formula is C36H45N3O4. The van der Waals surface area contributed by atoms with Gasteiger partial charge in [-0.05, 0) is 104 Å². The molecule has 0 aliphatic carbocycles. The van der Waals surface area contributed by atoms with Crippen LogP contribution in [0.25, 0.3) is 17.2 Å². The van der Waals surface area contributed by atoms with E-state index in [1.807, 2.05) is 37.3 Å². The summed E-state index contributed by atoms with van der Waals surface area (Å²) in [5.41, 5.74) is 6.98. The van der Waals surface area contributed by atoms with E-state index in [4.69, 9.17) is 14.2 Å². The number of nitrogens with zero attached hydrogens (tertiary/aromatic N) is 1. The molecule has 228 valence electrons. The highest BCUT2D eigenvalue weighted by molar-refractivity contribution is 6.07. The summed E-state index contributed by atoms with van der Waals surface area (Å²) in [5.74, 6) is 0.711. The molecule has 43 heavy (non-hydrogen) atoms. The average molecular weight is 584 g/mol. The molecule has 2 aliphatic heterocycles. The summed E-state index contributed by atoms with van der Waals surface area (Å²) >= 11 is 0. The minimum atomic E-state index is -0.285. The lowest BCUT2D eigenvalue weighted by Crippen LogP contribution is -2.37. The molecule has 2 aliphatic rings. The monoisotopic (exact) mass is 583 g/mol. The SMILES string of the molecule is CCCCOC(C)Oc1ccc(-c2ccc3c(c2)C=C(C(=O)Nc2ccc(CN(C)C4CCCOC4)cc2)CCN3)cc1. The zero-order chi connectivity index (χ0) is 30.0. The number of ether oxygens (including phenoxy) is 3. The van der Waals surface area contributed by atoms with Crippen molar-refractivity contribution in [1.82, 2.24) is 4.90 Å². The van der Waals surface area contributed by atoms with Crippen LogP contribution in [0.4, 0.5) is 11.4 Å². The van der Waals surface area contributed by atoms with Crippen LogP contribution in [0.15, 0.2) is 72.3 Å². The van der Waals surface area contributed by atoms with Gasteiger partial charge in [0.25, 0.3) is 5.91 Å². The highest BCUT2D eigenvalue weighted by Gasteiger charge is 2.19. The lowest BCUT2D eigenvalue weighted by molar-refractivity contribution is -0.112. The molecule has 0 bridgehead atoms. The van der Waals surface area contributed by atoms with Crippen molar-refractivity contribution in [2.45, 2.75) is 64.8 Å². The molecule has 0 saturated carbocycles. The Morgan fingerprint density at radius 3 is 2.63 bits per heavy atom. The molecular weight excluding hydrogens is 538 g/mol. The molecule has 3 aromatic carbocycles. The molecule has 2 atom stereocenters. The highest BCUT2D eigenvalue weighted by atomic mass is 16.7. The second kappa shape index (κ2) is 15.2. The summed E-state index contributed by atoms with van der Waals surface area (Å²) in [6.45, 7) is 8.00.